The SMILES string of the molecule is C=C(C)[C@@H]1Cc2oc(cc2C(=O)OC)C=C(C)C[C@@H]2C=C(CC1=O)C(=O)O2. The van der Waals surface area contributed by atoms with Crippen molar-refractivity contribution in [2.75, 3.05) is 7.11 Å². The smallest absolute Gasteiger partial charge is 0.341 e. The highest BCUT2D eigenvalue weighted by Crippen LogP contribution is 2.30. The first-order valence-corrected chi connectivity index (χ1v) is 8.76. The Balaban J connectivity index is 2.08. The first-order chi connectivity index (χ1) is 12.8. The molecule has 0 aliphatic carbocycles. The molecule has 3 rings (SSSR count). The second-order valence-corrected chi connectivity index (χ2v) is 7.05. The molecule has 0 unspecified atom stereocenters. The van der Waals surface area contributed by atoms with Crippen LogP contribution in [0.1, 0.15) is 48.6 Å². The average Bonchev–Trinajstić information content (AvgIpc) is 3.14. The summed E-state index contributed by atoms with van der Waals surface area (Å²) in [7, 11) is 1.30. The van der Waals surface area contributed by atoms with Crippen LogP contribution in [0.4, 0.5) is 0 Å². The Kier molecular flexibility index (Phi) is 5.17. The fourth-order valence-electron chi connectivity index (χ4n) is 3.40. The van der Waals surface area contributed by atoms with E-state index in [0.29, 0.717) is 34.7 Å². The van der Waals surface area contributed by atoms with Gasteiger partial charge >= 0.3 is 11.9 Å². The average molecular weight is 370 g/mol. The molecular weight excluding hydrogens is 348 g/mol. The minimum absolute atomic E-state index is 0.0310. The maximum Gasteiger partial charge on any atom is 0.341 e. The summed E-state index contributed by atoms with van der Waals surface area (Å²) in [6.07, 6.45) is 3.74. The van der Waals surface area contributed by atoms with E-state index in [4.69, 9.17) is 13.9 Å². The van der Waals surface area contributed by atoms with Gasteiger partial charge in [-0.15, -0.1) is 0 Å². The van der Waals surface area contributed by atoms with Gasteiger partial charge in [0.1, 0.15) is 29.0 Å². The number of hydrogen-bond acceptors (Lipinski definition) is 6. The summed E-state index contributed by atoms with van der Waals surface area (Å²) >= 11 is 0. The van der Waals surface area contributed by atoms with Gasteiger partial charge in [0.05, 0.1) is 7.11 Å². The van der Waals surface area contributed by atoms with Crippen molar-refractivity contribution in [1.82, 2.24) is 0 Å². The fourth-order valence-corrected chi connectivity index (χ4v) is 3.40. The van der Waals surface area contributed by atoms with Gasteiger partial charge in [0.25, 0.3) is 0 Å². The molecule has 142 valence electrons. The Morgan fingerprint density at radius 1 is 1.30 bits per heavy atom. The zero-order valence-corrected chi connectivity index (χ0v) is 15.7. The number of fused-ring (bicyclic) bond motifs is 3. The molecule has 2 atom stereocenters. The van der Waals surface area contributed by atoms with Gasteiger partial charge in [-0.25, -0.2) is 9.59 Å². The Bertz CT molecular complexity index is 882. The van der Waals surface area contributed by atoms with E-state index in [9.17, 15) is 14.4 Å². The molecule has 0 N–H and O–H groups in total. The molecule has 1 aromatic heterocycles. The van der Waals surface area contributed by atoms with Crippen LogP contribution in [0, 0.1) is 5.92 Å². The van der Waals surface area contributed by atoms with Crippen LogP contribution in [0.25, 0.3) is 6.08 Å². The molecular formula is C21H22O6. The zero-order valence-electron chi connectivity index (χ0n) is 15.7. The number of ketones is 1. The molecule has 0 radical (unpaired) electrons. The van der Waals surface area contributed by atoms with Gasteiger partial charge in [0, 0.05) is 30.8 Å². The highest BCUT2D eigenvalue weighted by molar-refractivity contribution is 5.99. The number of rotatable bonds is 2. The molecule has 6 heteroatoms. The summed E-state index contributed by atoms with van der Waals surface area (Å²) in [4.78, 5) is 37.1. The van der Waals surface area contributed by atoms with Crippen LogP contribution in [0.15, 0.2) is 39.9 Å². The molecule has 0 aromatic carbocycles. The number of Topliss-reactive ketones (excluding diaryl/α,β-unsaturated/α-hetero) is 1. The highest BCUT2D eigenvalue weighted by atomic mass is 16.5. The Hall–Kier alpha value is -2.89. The van der Waals surface area contributed by atoms with Crippen LogP contribution in [0.3, 0.4) is 0 Å². The van der Waals surface area contributed by atoms with E-state index in [2.05, 4.69) is 6.58 Å². The summed E-state index contributed by atoms with van der Waals surface area (Å²) in [5.41, 5.74) is 2.22. The van der Waals surface area contributed by atoms with Gasteiger partial charge in [0.2, 0.25) is 0 Å². The van der Waals surface area contributed by atoms with Crippen LogP contribution < -0.4 is 0 Å². The lowest BCUT2D eigenvalue weighted by Gasteiger charge is -2.15. The molecule has 0 saturated heterocycles. The molecule has 0 saturated carbocycles. The maximum absolute atomic E-state index is 12.8. The number of carbonyl (C=O) groups is 3. The van der Waals surface area contributed by atoms with Crippen molar-refractivity contribution in [3.05, 3.63) is 52.5 Å². The minimum Gasteiger partial charge on any atom is -0.465 e. The third-order valence-corrected chi connectivity index (χ3v) is 4.79. The number of hydrogen-bond donors (Lipinski definition) is 0. The standard InChI is InChI=1S/C21H22O6/c1-11(2)16-10-19-17(21(24)25-4)9-15(26-19)6-12(3)5-14-7-13(8-18(16)22)20(23)27-14/h6-7,9,14,16H,1,5,8,10H2,2-4H3/t14-,16+/m1/s1. The van der Waals surface area contributed by atoms with E-state index in [-0.39, 0.29) is 18.6 Å². The van der Waals surface area contributed by atoms with Crippen LogP contribution in [-0.2, 0) is 25.5 Å². The van der Waals surface area contributed by atoms with Crippen molar-refractivity contribution in [2.24, 2.45) is 5.92 Å². The molecule has 6 nitrogen and oxygen atoms in total. The van der Waals surface area contributed by atoms with Gasteiger partial charge < -0.3 is 13.9 Å². The Morgan fingerprint density at radius 2 is 2.04 bits per heavy atom. The fraction of sp³-hybridized carbons (Fsp3) is 0.381. The lowest BCUT2D eigenvalue weighted by molar-refractivity contribution is -0.140. The number of carbonyl (C=O) groups excluding carboxylic acids is 3. The lowest BCUT2D eigenvalue weighted by Crippen LogP contribution is -2.21. The topological polar surface area (TPSA) is 82.8 Å². The van der Waals surface area contributed by atoms with E-state index >= 15 is 0 Å². The predicted octanol–water partition coefficient (Wildman–Crippen LogP) is 3.42. The Labute approximate surface area is 157 Å². The van der Waals surface area contributed by atoms with Gasteiger partial charge in [-0.1, -0.05) is 17.7 Å². The van der Waals surface area contributed by atoms with Crippen molar-refractivity contribution in [3.8, 4) is 0 Å². The highest BCUT2D eigenvalue weighted by Gasteiger charge is 2.32. The third-order valence-electron chi connectivity index (χ3n) is 4.79. The minimum atomic E-state index is -0.578. The lowest BCUT2D eigenvalue weighted by atomic mass is 9.88. The van der Waals surface area contributed by atoms with E-state index in [1.165, 1.54) is 7.11 Å². The number of furan rings is 1. The van der Waals surface area contributed by atoms with Crippen molar-refractivity contribution in [1.29, 1.82) is 0 Å². The molecule has 2 aliphatic heterocycles. The van der Waals surface area contributed by atoms with E-state index < -0.39 is 24.0 Å². The van der Waals surface area contributed by atoms with Crippen LogP contribution in [-0.4, -0.2) is 30.9 Å². The van der Waals surface area contributed by atoms with Gasteiger partial charge in [-0.2, -0.15) is 0 Å². The van der Waals surface area contributed by atoms with Crippen molar-refractivity contribution in [2.45, 2.75) is 39.2 Å². The largest absolute Gasteiger partial charge is 0.465 e. The molecule has 2 aliphatic rings. The van der Waals surface area contributed by atoms with Crippen LogP contribution >= 0.6 is 0 Å². The van der Waals surface area contributed by atoms with Crippen LogP contribution in [0.2, 0.25) is 0 Å². The molecule has 27 heavy (non-hydrogen) atoms. The van der Waals surface area contributed by atoms with Crippen molar-refractivity contribution < 1.29 is 28.3 Å². The zero-order chi connectivity index (χ0) is 19.7. The van der Waals surface area contributed by atoms with Crippen molar-refractivity contribution >= 4 is 23.8 Å². The van der Waals surface area contributed by atoms with Gasteiger partial charge in [-0.05, 0) is 32.1 Å². The number of ether oxygens (including phenoxy) is 2. The first-order valence-electron chi connectivity index (χ1n) is 8.76. The van der Waals surface area contributed by atoms with Gasteiger partial charge in [-0.3, -0.25) is 4.79 Å². The monoisotopic (exact) mass is 370 g/mol. The second kappa shape index (κ2) is 7.39. The number of esters is 2. The molecule has 0 amide bonds. The summed E-state index contributed by atoms with van der Waals surface area (Å²) < 4.78 is 16.0. The summed E-state index contributed by atoms with van der Waals surface area (Å²) in [5, 5.41) is 0. The normalized spacial score (nSPS) is 22.6. The molecule has 1 aromatic rings. The quantitative estimate of drug-likeness (QED) is 0.586. The predicted molar refractivity (Wildman–Crippen MR) is 97.9 cm³/mol. The first kappa shape index (κ1) is 18.9. The summed E-state index contributed by atoms with van der Waals surface area (Å²) in [5.74, 6) is -0.847. The van der Waals surface area contributed by atoms with E-state index in [0.717, 1.165) is 5.57 Å². The number of allylic oxidation sites excluding steroid dienone is 1. The molecule has 4 bridgehead atoms. The Morgan fingerprint density at radius 3 is 2.70 bits per heavy atom. The number of methoxy groups -OCH3 is 1. The summed E-state index contributed by atoms with van der Waals surface area (Å²) in [6, 6.07) is 1.61. The van der Waals surface area contributed by atoms with E-state index in [1.54, 1.807) is 25.1 Å². The molecule has 0 spiro atoms. The van der Waals surface area contributed by atoms with Crippen LogP contribution in [0.5, 0.6) is 0 Å². The van der Waals surface area contributed by atoms with Gasteiger partial charge in [0.15, 0.2) is 0 Å². The molecule has 3 heterocycles. The second-order valence-electron chi connectivity index (χ2n) is 7.05. The maximum atomic E-state index is 12.8. The third kappa shape index (κ3) is 3.94. The summed E-state index contributed by atoms with van der Waals surface area (Å²) in [6.45, 7) is 7.54. The van der Waals surface area contributed by atoms with E-state index in [1.807, 2.05) is 6.92 Å². The van der Waals surface area contributed by atoms with Crippen molar-refractivity contribution in [3.63, 3.8) is 0 Å². The molecule has 0 fully saturated rings.